The zero-order valence-corrected chi connectivity index (χ0v) is 10.9. The van der Waals surface area contributed by atoms with E-state index in [0.29, 0.717) is 17.9 Å². The summed E-state index contributed by atoms with van der Waals surface area (Å²) in [4.78, 5) is 11.1. The van der Waals surface area contributed by atoms with Crippen molar-refractivity contribution in [3.8, 4) is 5.75 Å². The first-order chi connectivity index (χ1) is 9.65. The minimum absolute atomic E-state index is 0.0896. The number of aromatic carboxylic acids is 1. The maximum atomic E-state index is 11.1. The molecule has 0 fully saturated rings. The van der Waals surface area contributed by atoms with Crippen LogP contribution in [0.2, 0.25) is 0 Å². The Morgan fingerprint density at radius 3 is 2.65 bits per heavy atom. The SMILES string of the molecule is C=C1CC(c2ccccc2)c2cc(C(=O)O)ccc2O1. The quantitative estimate of drug-likeness (QED) is 0.899. The molecule has 0 bridgehead atoms. The predicted octanol–water partition coefficient (Wildman–Crippen LogP) is 3.81. The summed E-state index contributed by atoms with van der Waals surface area (Å²) in [5.41, 5.74) is 2.32. The van der Waals surface area contributed by atoms with E-state index in [2.05, 4.69) is 6.58 Å². The molecule has 1 aliphatic heterocycles. The highest BCUT2D eigenvalue weighted by Crippen LogP contribution is 2.41. The van der Waals surface area contributed by atoms with Crippen LogP contribution in [0.4, 0.5) is 0 Å². The molecule has 0 aromatic heterocycles. The van der Waals surface area contributed by atoms with Gasteiger partial charge < -0.3 is 9.84 Å². The standard InChI is InChI=1S/C17H14O3/c1-11-9-14(12-5-3-2-4-6-12)15-10-13(17(18)19)7-8-16(15)20-11/h2-8,10,14H,1,9H2,(H,18,19). The molecule has 3 heteroatoms. The van der Waals surface area contributed by atoms with Crippen LogP contribution in [0.1, 0.15) is 33.8 Å². The highest BCUT2D eigenvalue weighted by molar-refractivity contribution is 5.88. The van der Waals surface area contributed by atoms with E-state index in [1.165, 1.54) is 0 Å². The van der Waals surface area contributed by atoms with Crippen LogP contribution in [0.25, 0.3) is 0 Å². The molecule has 1 N–H and O–H groups in total. The molecule has 0 spiro atoms. The topological polar surface area (TPSA) is 46.5 Å². The van der Waals surface area contributed by atoms with Gasteiger partial charge in [0.2, 0.25) is 0 Å². The van der Waals surface area contributed by atoms with E-state index < -0.39 is 5.97 Å². The molecule has 2 aromatic rings. The molecule has 0 saturated heterocycles. The van der Waals surface area contributed by atoms with Gasteiger partial charge in [-0.3, -0.25) is 0 Å². The van der Waals surface area contributed by atoms with E-state index in [-0.39, 0.29) is 11.5 Å². The van der Waals surface area contributed by atoms with Crippen molar-refractivity contribution in [3.63, 3.8) is 0 Å². The van der Waals surface area contributed by atoms with Gasteiger partial charge in [0.25, 0.3) is 0 Å². The number of fused-ring (bicyclic) bond motifs is 1. The van der Waals surface area contributed by atoms with Crippen LogP contribution < -0.4 is 4.74 Å². The van der Waals surface area contributed by atoms with Crippen LogP contribution in [0.15, 0.2) is 60.9 Å². The molecule has 0 aliphatic carbocycles. The number of carboxylic acids is 1. The van der Waals surface area contributed by atoms with E-state index >= 15 is 0 Å². The lowest BCUT2D eigenvalue weighted by Gasteiger charge is -2.27. The maximum Gasteiger partial charge on any atom is 0.335 e. The summed E-state index contributed by atoms with van der Waals surface area (Å²) in [6.07, 6.45) is 0.667. The fraction of sp³-hybridized carbons (Fsp3) is 0.118. The minimum Gasteiger partial charge on any atom is -0.478 e. The molecule has 3 nitrogen and oxygen atoms in total. The van der Waals surface area contributed by atoms with Crippen molar-refractivity contribution in [2.75, 3.05) is 0 Å². The lowest BCUT2D eigenvalue weighted by Crippen LogP contribution is -2.14. The fourth-order valence-corrected chi connectivity index (χ4v) is 2.56. The molecule has 100 valence electrons. The molecule has 1 aliphatic rings. The summed E-state index contributed by atoms with van der Waals surface area (Å²) in [6, 6.07) is 15.0. The van der Waals surface area contributed by atoms with Crippen molar-refractivity contribution in [2.24, 2.45) is 0 Å². The first kappa shape index (κ1) is 12.5. The van der Waals surface area contributed by atoms with Crippen molar-refractivity contribution in [2.45, 2.75) is 12.3 Å². The lowest BCUT2D eigenvalue weighted by atomic mass is 9.85. The summed E-state index contributed by atoms with van der Waals surface area (Å²) in [7, 11) is 0. The van der Waals surface area contributed by atoms with Crippen LogP contribution in [0.3, 0.4) is 0 Å². The van der Waals surface area contributed by atoms with Gasteiger partial charge in [0, 0.05) is 17.9 Å². The molecule has 2 aromatic carbocycles. The number of benzene rings is 2. The Balaban J connectivity index is 2.12. The Kier molecular flexibility index (Phi) is 3.03. The molecule has 20 heavy (non-hydrogen) atoms. The van der Waals surface area contributed by atoms with Gasteiger partial charge >= 0.3 is 5.97 Å². The summed E-state index contributed by atoms with van der Waals surface area (Å²) in [5.74, 6) is 0.560. The largest absolute Gasteiger partial charge is 0.478 e. The Bertz CT molecular complexity index is 674. The van der Waals surface area contributed by atoms with Crippen molar-refractivity contribution in [3.05, 3.63) is 77.6 Å². The molecule has 1 atom stereocenters. The lowest BCUT2D eigenvalue weighted by molar-refractivity contribution is 0.0696. The van der Waals surface area contributed by atoms with Crippen LogP contribution in [-0.2, 0) is 0 Å². The van der Waals surface area contributed by atoms with E-state index in [1.54, 1.807) is 18.2 Å². The third kappa shape index (κ3) is 2.18. The van der Waals surface area contributed by atoms with Crippen molar-refractivity contribution in [1.82, 2.24) is 0 Å². The minimum atomic E-state index is -0.927. The molecular weight excluding hydrogens is 252 g/mol. The fourth-order valence-electron chi connectivity index (χ4n) is 2.56. The van der Waals surface area contributed by atoms with Crippen LogP contribution in [0, 0.1) is 0 Å². The van der Waals surface area contributed by atoms with Crippen LogP contribution in [-0.4, -0.2) is 11.1 Å². The molecule has 1 unspecified atom stereocenters. The van der Waals surface area contributed by atoms with Gasteiger partial charge in [-0.05, 0) is 23.8 Å². The van der Waals surface area contributed by atoms with Crippen LogP contribution >= 0.6 is 0 Å². The van der Waals surface area contributed by atoms with E-state index in [1.807, 2.05) is 30.3 Å². The highest BCUT2D eigenvalue weighted by atomic mass is 16.5. The number of hydrogen-bond donors (Lipinski definition) is 1. The molecule has 0 amide bonds. The van der Waals surface area contributed by atoms with Crippen molar-refractivity contribution in [1.29, 1.82) is 0 Å². The first-order valence-electron chi connectivity index (χ1n) is 6.43. The van der Waals surface area contributed by atoms with Gasteiger partial charge in [-0.2, -0.15) is 0 Å². The van der Waals surface area contributed by atoms with Gasteiger partial charge in [-0.15, -0.1) is 0 Å². The highest BCUT2D eigenvalue weighted by Gasteiger charge is 2.26. The Labute approximate surface area is 117 Å². The molecule has 3 rings (SSSR count). The van der Waals surface area contributed by atoms with Gasteiger partial charge in [-0.1, -0.05) is 36.9 Å². The third-order valence-electron chi connectivity index (χ3n) is 3.52. The summed E-state index contributed by atoms with van der Waals surface area (Å²) < 4.78 is 5.63. The Morgan fingerprint density at radius 1 is 1.20 bits per heavy atom. The van der Waals surface area contributed by atoms with E-state index in [0.717, 1.165) is 11.1 Å². The van der Waals surface area contributed by atoms with Gasteiger partial charge in [0.1, 0.15) is 5.75 Å². The molecule has 0 radical (unpaired) electrons. The first-order valence-corrected chi connectivity index (χ1v) is 6.43. The zero-order chi connectivity index (χ0) is 14.1. The predicted molar refractivity (Wildman–Crippen MR) is 76.1 cm³/mol. The third-order valence-corrected chi connectivity index (χ3v) is 3.52. The number of carbonyl (C=O) groups is 1. The zero-order valence-electron chi connectivity index (χ0n) is 10.9. The molecule has 1 heterocycles. The van der Waals surface area contributed by atoms with Crippen molar-refractivity contribution >= 4 is 5.97 Å². The van der Waals surface area contributed by atoms with Crippen LogP contribution in [0.5, 0.6) is 5.75 Å². The van der Waals surface area contributed by atoms with E-state index in [4.69, 9.17) is 9.84 Å². The number of hydrogen-bond acceptors (Lipinski definition) is 2. The Hall–Kier alpha value is -2.55. The summed E-state index contributed by atoms with van der Waals surface area (Å²) in [6.45, 7) is 3.91. The average Bonchev–Trinajstić information content (AvgIpc) is 2.46. The second kappa shape index (κ2) is 4.85. The van der Waals surface area contributed by atoms with Gasteiger partial charge in [0.15, 0.2) is 0 Å². The Morgan fingerprint density at radius 2 is 1.95 bits per heavy atom. The number of ether oxygens (including phenoxy) is 1. The summed E-state index contributed by atoms with van der Waals surface area (Å²) in [5, 5.41) is 9.14. The molecule has 0 saturated carbocycles. The smallest absolute Gasteiger partial charge is 0.335 e. The number of allylic oxidation sites excluding steroid dienone is 1. The monoisotopic (exact) mass is 266 g/mol. The normalized spacial score (nSPS) is 17.2. The van der Waals surface area contributed by atoms with E-state index in [9.17, 15) is 4.79 Å². The number of carboxylic acid groups (broad SMARTS) is 1. The maximum absolute atomic E-state index is 11.1. The van der Waals surface area contributed by atoms with Gasteiger partial charge in [0.05, 0.1) is 11.3 Å². The average molecular weight is 266 g/mol. The van der Waals surface area contributed by atoms with Gasteiger partial charge in [-0.25, -0.2) is 4.79 Å². The number of rotatable bonds is 2. The molecular formula is C17H14O3. The summed E-state index contributed by atoms with van der Waals surface area (Å²) >= 11 is 0. The second-order valence-electron chi connectivity index (χ2n) is 4.87. The second-order valence-corrected chi connectivity index (χ2v) is 4.87. The van der Waals surface area contributed by atoms with Crippen molar-refractivity contribution < 1.29 is 14.6 Å².